The highest BCUT2D eigenvalue weighted by molar-refractivity contribution is 5.70. The molecule has 20 heavy (non-hydrogen) atoms. The van der Waals surface area contributed by atoms with Gasteiger partial charge in [-0.15, -0.1) is 0 Å². The lowest BCUT2D eigenvalue weighted by molar-refractivity contribution is 0.309. The van der Waals surface area contributed by atoms with Gasteiger partial charge in [-0.1, -0.05) is 24.3 Å². The summed E-state index contributed by atoms with van der Waals surface area (Å²) >= 11 is 0. The van der Waals surface area contributed by atoms with Crippen LogP contribution < -0.4 is 5.73 Å². The summed E-state index contributed by atoms with van der Waals surface area (Å²) < 4.78 is 14.0. The van der Waals surface area contributed by atoms with E-state index < -0.39 is 0 Å². The van der Waals surface area contributed by atoms with Gasteiger partial charge in [0, 0.05) is 19.6 Å². The summed E-state index contributed by atoms with van der Waals surface area (Å²) in [7, 11) is 2.08. The highest BCUT2D eigenvalue weighted by atomic mass is 19.1. The molecule has 0 amide bonds. The van der Waals surface area contributed by atoms with Crippen LogP contribution in [0.2, 0.25) is 0 Å². The van der Waals surface area contributed by atoms with E-state index in [9.17, 15) is 4.39 Å². The van der Waals surface area contributed by atoms with Gasteiger partial charge in [-0.05, 0) is 53.4 Å². The molecule has 0 fully saturated rings. The predicted octanol–water partition coefficient (Wildman–Crippen LogP) is 2.94. The third kappa shape index (κ3) is 2.35. The van der Waals surface area contributed by atoms with Gasteiger partial charge < -0.3 is 10.6 Å². The lowest BCUT2D eigenvalue weighted by atomic mass is 9.90. The van der Waals surface area contributed by atoms with Crippen molar-refractivity contribution in [1.29, 1.82) is 0 Å². The van der Waals surface area contributed by atoms with Gasteiger partial charge in [0.2, 0.25) is 0 Å². The van der Waals surface area contributed by atoms with Gasteiger partial charge in [0.25, 0.3) is 0 Å². The molecule has 0 radical (unpaired) electrons. The second kappa shape index (κ2) is 5.35. The maximum Gasteiger partial charge on any atom is 0.126 e. The monoisotopic (exact) mass is 270 g/mol. The molecule has 104 valence electrons. The SMILES string of the molecule is CN1CCc2c(F)ccc(-c3cccc(CN)c3)c2C1. The van der Waals surface area contributed by atoms with E-state index in [4.69, 9.17) is 5.73 Å². The van der Waals surface area contributed by atoms with Crippen molar-refractivity contribution in [1.82, 2.24) is 4.90 Å². The van der Waals surface area contributed by atoms with Crippen LogP contribution in [0, 0.1) is 5.82 Å². The van der Waals surface area contributed by atoms with Gasteiger partial charge in [-0.2, -0.15) is 0 Å². The fourth-order valence-electron chi connectivity index (χ4n) is 2.90. The Balaban J connectivity index is 2.14. The topological polar surface area (TPSA) is 29.3 Å². The fourth-order valence-corrected chi connectivity index (χ4v) is 2.90. The van der Waals surface area contributed by atoms with Gasteiger partial charge in [-0.25, -0.2) is 4.39 Å². The Kier molecular flexibility index (Phi) is 3.55. The first-order chi connectivity index (χ1) is 9.69. The van der Waals surface area contributed by atoms with Crippen molar-refractivity contribution in [3.05, 3.63) is 58.9 Å². The predicted molar refractivity (Wildman–Crippen MR) is 79.8 cm³/mol. The molecule has 2 aromatic rings. The summed E-state index contributed by atoms with van der Waals surface area (Å²) in [5.41, 5.74) is 11.1. The quantitative estimate of drug-likeness (QED) is 0.909. The van der Waals surface area contributed by atoms with E-state index in [0.717, 1.165) is 47.3 Å². The van der Waals surface area contributed by atoms with E-state index in [-0.39, 0.29) is 5.82 Å². The standard InChI is InChI=1S/C17H19FN2/c1-20-8-7-15-16(11-20)14(5-6-17(15)18)13-4-2-3-12(9-13)10-19/h2-6,9H,7-8,10-11,19H2,1H3. The number of hydrogen-bond donors (Lipinski definition) is 1. The Hall–Kier alpha value is -1.71. The molecule has 0 aliphatic carbocycles. The molecule has 0 aromatic heterocycles. The number of halogens is 1. The molecule has 0 saturated carbocycles. The number of likely N-dealkylation sites (N-methyl/N-ethyl adjacent to an activating group) is 1. The second-order valence-corrected chi connectivity index (χ2v) is 5.44. The summed E-state index contributed by atoms with van der Waals surface area (Å²) in [6.07, 6.45) is 0.780. The van der Waals surface area contributed by atoms with Gasteiger partial charge >= 0.3 is 0 Å². The molecular weight excluding hydrogens is 251 g/mol. The molecule has 2 N–H and O–H groups in total. The molecule has 0 spiro atoms. The second-order valence-electron chi connectivity index (χ2n) is 5.44. The van der Waals surface area contributed by atoms with E-state index in [2.05, 4.69) is 24.1 Å². The highest BCUT2D eigenvalue weighted by Crippen LogP contribution is 2.32. The lowest BCUT2D eigenvalue weighted by Gasteiger charge is -2.27. The molecule has 1 aliphatic rings. The molecule has 1 heterocycles. The van der Waals surface area contributed by atoms with Crippen molar-refractivity contribution in [3.8, 4) is 11.1 Å². The maximum absolute atomic E-state index is 14.0. The van der Waals surface area contributed by atoms with E-state index in [1.807, 2.05) is 18.2 Å². The minimum absolute atomic E-state index is 0.0770. The number of fused-ring (bicyclic) bond motifs is 1. The third-order valence-corrected chi connectivity index (χ3v) is 4.02. The summed E-state index contributed by atoms with van der Waals surface area (Å²) in [5.74, 6) is -0.0770. The molecule has 3 heteroatoms. The summed E-state index contributed by atoms with van der Waals surface area (Å²) in [6.45, 7) is 2.24. The molecule has 0 bridgehead atoms. The number of benzene rings is 2. The van der Waals surface area contributed by atoms with Crippen molar-refractivity contribution in [2.24, 2.45) is 5.73 Å². The zero-order valence-electron chi connectivity index (χ0n) is 11.7. The summed E-state index contributed by atoms with van der Waals surface area (Å²) in [6, 6.07) is 11.7. The van der Waals surface area contributed by atoms with Crippen molar-refractivity contribution >= 4 is 0 Å². The van der Waals surface area contributed by atoms with Crippen LogP contribution >= 0.6 is 0 Å². The first-order valence-corrected chi connectivity index (χ1v) is 6.97. The van der Waals surface area contributed by atoms with E-state index in [1.54, 1.807) is 6.07 Å². The van der Waals surface area contributed by atoms with Crippen molar-refractivity contribution in [3.63, 3.8) is 0 Å². The Morgan fingerprint density at radius 3 is 2.85 bits per heavy atom. The van der Waals surface area contributed by atoms with Crippen LogP contribution in [0.25, 0.3) is 11.1 Å². The van der Waals surface area contributed by atoms with Crippen molar-refractivity contribution < 1.29 is 4.39 Å². The van der Waals surface area contributed by atoms with Crippen LogP contribution in [-0.2, 0) is 19.5 Å². The zero-order valence-corrected chi connectivity index (χ0v) is 11.7. The average Bonchev–Trinajstić information content (AvgIpc) is 2.47. The third-order valence-electron chi connectivity index (χ3n) is 4.02. The summed E-state index contributed by atoms with van der Waals surface area (Å²) in [5, 5.41) is 0. The number of nitrogens with two attached hydrogens (primary N) is 1. The van der Waals surface area contributed by atoms with E-state index in [1.165, 1.54) is 0 Å². The molecule has 2 aromatic carbocycles. The molecule has 0 saturated heterocycles. The Labute approximate surface area is 119 Å². The highest BCUT2D eigenvalue weighted by Gasteiger charge is 2.20. The average molecular weight is 270 g/mol. The number of rotatable bonds is 2. The Bertz CT molecular complexity index is 637. The fraction of sp³-hybridized carbons (Fsp3) is 0.294. The molecule has 0 unspecified atom stereocenters. The van der Waals surface area contributed by atoms with Crippen LogP contribution in [0.1, 0.15) is 16.7 Å². The molecular formula is C17H19FN2. The van der Waals surface area contributed by atoms with Gasteiger partial charge in [0.05, 0.1) is 0 Å². The first kappa shape index (κ1) is 13.3. The van der Waals surface area contributed by atoms with E-state index >= 15 is 0 Å². The van der Waals surface area contributed by atoms with Crippen molar-refractivity contribution in [2.45, 2.75) is 19.5 Å². The lowest BCUT2D eigenvalue weighted by Crippen LogP contribution is -2.27. The van der Waals surface area contributed by atoms with Crippen LogP contribution in [-0.4, -0.2) is 18.5 Å². The molecule has 2 nitrogen and oxygen atoms in total. The van der Waals surface area contributed by atoms with Gasteiger partial charge in [-0.3, -0.25) is 0 Å². The number of hydrogen-bond acceptors (Lipinski definition) is 2. The first-order valence-electron chi connectivity index (χ1n) is 6.97. The molecule has 3 rings (SSSR count). The largest absolute Gasteiger partial charge is 0.326 e. The van der Waals surface area contributed by atoms with Crippen LogP contribution in [0.15, 0.2) is 36.4 Å². The van der Waals surface area contributed by atoms with Crippen molar-refractivity contribution in [2.75, 3.05) is 13.6 Å². The van der Waals surface area contributed by atoms with Crippen LogP contribution in [0.3, 0.4) is 0 Å². The number of nitrogens with zero attached hydrogens (tertiary/aromatic N) is 1. The summed E-state index contributed by atoms with van der Waals surface area (Å²) in [4.78, 5) is 2.23. The normalized spacial score (nSPS) is 15.2. The molecule has 0 atom stereocenters. The minimum Gasteiger partial charge on any atom is -0.326 e. The van der Waals surface area contributed by atoms with Gasteiger partial charge in [0.15, 0.2) is 0 Å². The maximum atomic E-state index is 14.0. The minimum atomic E-state index is -0.0770. The smallest absolute Gasteiger partial charge is 0.126 e. The van der Waals surface area contributed by atoms with Gasteiger partial charge in [0.1, 0.15) is 5.82 Å². The Morgan fingerprint density at radius 2 is 2.05 bits per heavy atom. The van der Waals surface area contributed by atoms with Crippen LogP contribution in [0.5, 0.6) is 0 Å². The van der Waals surface area contributed by atoms with E-state index in [0.29, 0.717) is 6.54 Å². The molecule has 1 aliphatic heterocycles. The van der Waals surface area contributed by atoms with Crippen LogP contribution in [0.4, 0.5) is 4.39 Å². The Morgan fingerprint density at radius 1 is 1.20 bits per heavy atom. The zero-order chi connectivity index (χ0) is 14.1.